The van der Waals surface area contributed by atoms with Crippen molar-refractivity contribution >= 4 is 0 Å². The summed E-state index contributed by atoms with van der Waals surface area (Å²) in [6.45, 7) is 20.2. The molecule has 0 radical (unpaired) electrons. The van der Waals surface area contributed by atoms with Gasteiger partial charge in [0.25, 0.3) is 0 Å². The van der Waals surface area contributed by atoms with E-state index >= 15 is 0 Å². The molecule has 0 bridgehead atoms. The molecule has 2 rings (SSSR count). The van der Waals surface area contributed by atoms with Crippen LogP contribution in [-0.4, -0.2) is 42.8 Å². The fourth-order valence-electron chi connectivity index (χ4n) is 6.02. The first-order chi connectivity index (χ1) is 13.1. The van der Waals surface area contributed by atoms with Crippen molar-refractivity contribution in [3.63, 3.8) is 0 Å². The van der Waals surface area contributed by atoms with E-state index in [1.54, 1.807) is 0 Å². The lowest BCUT2D eigenvalue weighted by atomic mass is 9.69. The van der Waals surface area contributed by atoms with E-state index < -0.39 is 6.17 Å². The first-order valence-electron chi connectivity index (χ1n) is 12.2. The highest BCUT2D eigenvalue weighted by Crippen LogP contribution is 2.41. The molecule has 1 saturated carbocycles. The molecule has 1 saturated heterocycles. The minimum absolute atomic E-state index is 0.274. The molecule has 6 atom stereocenters. The minimum atomic E-state index is -0.560. The highest BCUT2D eigenvalue weighted by atomic mass is 19.1. The van der Waals surface area contributed by atoms with E-state index in [0.717, 1.165) is 32.4 Å². The first kappa shape index (κ1) is 24.1. The maximum atomic E-state index is 14.2. The van der Waals surface area contributed by atoms with Crippen LogP contribution in [0.1, 0.15) is 93.4 Å². The summed E-state index contributed by atoms with van der Waals surface area (Å²) in [5.41, 5.74) is 0.274. The minimum Gasteiger partial charge on any atom is -0.315 e. The van der Waals surface area contributed by atoms with Gasteiger partial charge in [0.2, 0.25) is 0 Å². The molecule has 0 amide bonds. The van der Waals surface area contributed by atoms with Gasteiger partial charge in [0.15, 0.2) is 0 Å². The Morgan fingerprint density at radius 1 is 1.11 bits per heavy atom. The van der Waals surface area contributed by atoms with E-state index in [-0.39, 0.29) is 5.41 Å². The number of alkyl halides is 1. The number of halogens is 1. The van der Waals surface area contributed by atoms with Gasteiger partial charge in [-0.25, -0.2) is 4.39 Å². The zero-order chi connectivity index (χ0) is 20.9. The molecule has 2 aliphatic rings. The Bertz CT molecular complexity index is 438. The fraction of sp³-hybridized carbons (Fsp3) is 1.00. The number of hydrogen-bond acceptors (Lipinski definition) is 2. The molecule has 3 heteroatoms. The lowest BCUT2D eigenvalue weighted by molar-refractivity contribution is 0.0343. The molecule has 1 heterocycles. The van der Waals surface area contributed by atoms with Crippen LogP contribution in [0.4, 0.5) is 4.39 Å². The molecule has 0 aromatic rings. The standard InChI is InChI=1S/C25H49FN2/c1-8-20(23-15-21(26)11-9-19(23)4)10-12-24(25(5,6)7)28(17-18(2)3)22-13-14-27-16-22/h18-24,27H,8-17H2,1-7H3. The van der Waals surface area contributed by atoms with E-state index in [9.17, 15) is 4.39 Å². The van der Waals surface area contributed by atoms with Crippen LogP contribution in [0.2, 0.25) is 0 Å². The van der Waals surface area contributed by atoms with E-state index in [1.165, 1.54) is 32.2 Å². The third-order valence-electron chi connectivity index (χ3n) is 7.61. The van der Waals surface area contributed by atoms with E-state index in [0.29, 0.717) is 35.8 Å². The van der Waals surface area contributed by atoms with Crippen LogP contribution in [0.5, 0.6) is 0 Å². The van der Waals surface area contributed by atoms with Crippen LogP contribution >= 0.6 is 0 Å². The molecule has 1 aliphatic heterocycles. The van der Waals surface area contributed by atoms with Crippen molar-refractivity contribution in [1.29, 1.82) is 0 Å². The van der Waals surface area contributed by atoms with Crippen LogP contribution in [0.3, 0.4) is 0 Å². The Balaban J connectivity index is 2.11. The Kier molecular flexibility index (Phi) is 9.26. The highest BCUT2D eigenvalue weighted by Gasteiger charge is 2.38. The van der Waals surface area contributed by atoms with Gasteiger partial charge in [0.1, 0.15) is 6.17 Å². The summed E-state index contributed by atoms with van der Waals surface area (Å²) in [5, 5.41) is 3.59. The second kappa shape index (κ2) is 10.8. The largest absolute Gasteiger partial charge is 0.315 e. The summed E-state index contributed by atoms with van der Waals surface area (Å²) >= 11 is 0. The van der Waals surface area contributed by atoms with E-state index in [4.69, 9.17) is 0 Å². The normalized spacial score (nSPS) is 31.5. The predicted octanol–water partition coefficient (Wildman–Crippen LogP) is 6.30. The monoisotopic (exact) mass is 396 g/mol. The average molecular weight is 397 g/mol. The molecule has 28 heavy (non-hydrogen) atoms. The van der Waals surface area contributed by atoms with Gasteiger partial charge < -0.3 is 5.32 Å². The molecule has 0 spiro atoms. The van der Waals surface area contributed by atoms with Gasteiger partial charge >= 0.3 is 0 Å². The molecule has 166 valence electrons. The summed E-state index contributed by atoms with van der Waals surface area (Å²) < 4.78 is 14.2. The second-order valence-corrected chi connectivity index (χ2v) is 11.4. The van der Waals surface area contributed by atoms with Gasteiger partial charge in [-0.3, -0.25) is 4.90 Å². The summed E-state index contributed by atoms with van der Waals surface area (Å²) in [7, 11) is 0. The fourth-order valence-corrected chi connectivity index (χ4v) is 6.02. The summed E-state index contributed by atoms with van der Waals surface area (Å²) in [5.74, 6) is 2.65. The topological polar surface area (TPSA) is 15.3 Å². The predicted molar refractivity (Wildman–Crippen MR) is 120 cm³/mol. The summed E-state index contributed by atoms with van der Waals surface area (Å²) in [6, 6.07) is 1.28. The van der Waals surface area contributed by atoms with Crippen LogP contribution in [0, 0.1) is 29.1 Å². The van der Waals surface area contributed by atoms with Gasteiger partial charge in [-0.1, -0.05) is 54.9 Å². The molecular weight excluding hydrogens is 347 g/mol. The lowest BCUT2D eigenvalue weighted by Gasteiger charge is -2.45. The van der Waals surface area contributed by atoms with Crippen LogP contribution in [0.25, 0.3) is 0 Å². The summed E-state index contributed by atoms with van der Waals surface area (Å²) in [6.07, 6.45) is 7.11. The van der Waals surface area contributed by atoms with Crippen molar-refractivity contribution in [3.05, 3.63) is 0 Å². The first-order valence-corrected chi connectivity index (χ1v) is 12.2. The Morgan fingerprint density at radius 3 is 2.36 bits per heavy atom. The number of nitrogens with zero attached hydrogens (tertiary/aromatic N) is 1. The third kappa shape index (κ3) is 6.69. The molecular formula is C25H49FN2. The highest BCUT2D eigenvalue weighted by molar-refractivity contribution is 4.92. The van der Waals surface area contributed by atoms with Crippen molar-refractivity contribution in [1.82, 2.24) is 10.2 Å². The van der Waals surface area contributed by atoms with Crippen LogP contribution in [0.15, 0.2) is 0 Å². The SMILES string of the molecule is CCC(CCC(N(CC(C)C)C1CCNC1)C(C)(C)C)C1CC(F)CCC1C. The van der Waals surface area contributed by atoms with Gasteiger partial charge in [0, 0.05) is 25.2 Å². The zero-order valence-corrected chi connectivity index (χ0v) is 19.9. The van der Waals surface area contributed by atoms with Crippen molar-refractivity contribution in [2.75, 3.05) is 19.6 Å². The van der Waals surface area contributed by atoms with Gasteiger partial charge in [-0.05, 0) is 74.2 Å². The Labute approximate surface area is 175 Å². The smallest absolute Gasteiger partial charge is 0.100 e. The van der Waals surface area contributed by atoms with Gasteiger partial charge in [-0.15, -0.1) is 0 Å². The van der Waals surface area contributed by atoms with Crippen molar-refractivity contribution in [2.24, 2.45) is 29.1 Å². The Hall–Kier alpha value is -0.150. The van der Waals surface area contributed by atoms with Crippen molar-refractivity contribution in [3.8, 4) is 0 Å². The quantitative estimate of drug-likeness (QED) is 0.492. The maximum Gasteiger partial charge on any atom is 0.100 e. The summed E-state index contributed by atoms with van der Waals surface area (Å²) in [4.78, 5) is 2.85. The van der Waals surface area contributed by atoms with Gasteiger partial charge in [0.05, 0.1) is 0 Å². The molecule has 2 nitrogen and oxygen atoms in total. The number of nitrogens with one attached hydrogen (secondary N) is 1. The molecule has 0 aromatic carbocycles. The number of rotatable bonds is 9. The molecule has 6 unspecified atom stereocenters. The molecule has 0 aromatic heterocycles. The van der Waals surface area contributed by atoms with Crippen molar-refractivity contribution in [2.45, 2.75) is 112 Å². The molecule has 1 N–H and O–H groups in total. The maximum absolute atomic E-state index is 14.2. The van der Waals surface area contributed by atoms with E-state index in [2.05, 4.69) is 58.7 Å². The zero-order valence-electron chi connectivity index (χ0n) is 19.9. The average Bonchev–Trinajstić information content (AvgIpc) is 3.13. The van der Waals surface area contributed by atoms with Crippen LogP contribution in [-0.2, 0) is 0 Å². The lowest BCUT2D eigenvalue weighted by Crippen LogP contribution is -2.51. The van der Waals surface area contributed by atoms with Gasteiger partial charge in [-0.2, -0.15) is 0 Å². The van der Waals surface area contributed by atoms with Crippen molar-refractivity contribution < 1.29 is 4.39 Å². The Morgan fingerprint density at radius 2 is 1.82 bits per heavy atom. The van der Waals surface area contributed by atoms with E-state index in [1.807, 2.05) is 0 Å². The third-order valence-corrected chi connectivity index (χ3v) is 7.61. The molecule has 2 fully saturated rings. The second-order valence-electron chi connectivity index (χ2n) is 11.4. The molecule has 1 aliphatic carbocycles. The number of hydrogen-bond donors (Lipinski definition) is 1. The van der Waals surface area contributed by atoms with Crippen LogP contribution < -0.4 is 5.32 Å².